The Labute approximate surface area is 126 Å². The van der Waals surface area contributed by atoms with Crippen LogP contribution in [-0.4, -0.2) is 49.2 Å². The first-order valence-corrected chi connectivity index (χ1v) is 7.08. The highest BCUT2D eigenvalue weighted by atomic mass is 19.1. The summed E-state index contributed by atoms with van der Waals surface area (Å²) in [6, 6.07) is 5.37. The molecule has 7 nitrogen and oxygen atoms in total. The lowest BCUT2D eigenvalue weighted by atomic mass is 10.1. The summed E-state index contributed by atoms with van der Waals surface area (Å²) in [5, 5.41) is 16.6. The quantitative estimate of drug-likeness (QED) is 0.902. The van der Waals surface area contributed by atoms with Crippen molar-refractivity contribution in [3.63, 3.8) is 0 Å². The van der Waals surface area contributed by atoms with Crippen LogP contribution in [0.4, 0.5) is 4.39 Å². The van der Waals surface area contributed by atoms with Gasteiger partial charge in [0.15, 0.2) is 6.04 Å². The van der Waals surface area contributed by atoms with Crippen LogP contribution in [0.15, 0.2) is 39.6 Å². The lowest BCUT2D eigenvalue weighted by molar-refractivity contribution is -0.121. The number of rotatable bonds is 3. The Morgan fingerprint density at radius 2 is 2.05 bits per heavy atom. The number of carbonyl (C=O) groups is 1. The number of amides is 1. The van der Waals surface area contributed by atoms with Crippen molar-refractivity contribution in [2.75, 3.05) is 26.3 Å². The standard InChI is InChI=1S/C14H16FN5O2/c15-11-3-1-10(2-4-11)9-12-13(21)16-14(18-17-12)19-20-5-7-22-8-6-20/h1-4,12H,5-9H2,(H,16,19,21). The second-order valence-corrected chi connectivity index (χ2v) is 5.04. The molecular formula is C14H16FN5O2. The summed E-state index contributed by atoms with van der Waals surface area (Å²) < 4.78 is 18.1. The predicted octanol–water partition coefficient (Wildman–Crippen LogP) is 0.922. The summed E-state index contributed by atoms with van der Waals surface area (Å²) in [7, 11) is 0. The molecule has 0 saturated carbocycles. The smallest absolute Gasteiger partial charge is 0.265 e. The molecule has 0 aromatic heterocycles. The highest BCUT2D eigenvalue weighted by Gasteiger charge is 2.24. The van der Waals surface area contributed by atoms with E-state index in [0.29, 0.717) is 32.7 Å². The summed E-state index contributed by atoms with van der Waals surface area (Å²) in [5.41, 5.74) is 0.828. The summed E-state index contributed by atoms with van der Waals surface area (Å²) in [6.07, 6.45) is 0.375. The van der Waals surface area contributed by atoms with E-state index in [2.05, 4.69) is 20.6 Å². The van der Waals surface area contributed by atoms with E-state index < -0.39 is 6.04 Å². The molecule has 1 unspecified atom stereocenters. The second-order valence-electron chi connectivity index (χ2n) is 5.04. The number of guanidine groups is 1. The number of hydrogen-bond acceptors (Lipinski definition) is 5. The Bertz CT molecular complexity index is 596. The zero-order valence-corrected chi connectivity index (χ0v) is 11.9. The molecule has 3 rings (SSSR count). The summed E-state index contributed by atoms with van der Waals surface area (Å²) in [6.45, 7) is 2.53. The van der Waals surface area contributed by atoms with Gasteiger partial charge in [0.05, 0.1) is 26.3 Å². The Balaban J connectivity index is 1.64. The van der Waals surface area contributed by atoms with Crippen molar-refractivity contribution in [2.24, 2.45) is 15.3 Å². The van der Waals surface area contributed by atoms with E-state index in [1.54, 1.807) is 17.1 Å². The number of carbonyl (C=O) groups excluding carboxylic acids is 1. The maximum atomic E-state index is 12.9. The Morgan fingerprint density at radius 1 is 1.32 bits per heavy atom. The van der Waals surface area contributed by atoms with Gasteiger partial charge in [-0.25, -0.2) is 4.39 Å². The molecule has 0 spiro atoms. The molecule has 0 radical (unpaired) electrons. The highest BCUT2D eigenvalue weighted by molar-refractivity contribution is 6.01. The first-order chi connectivity index (χ1) is 10.7. The van der Waals surface area contributed by atoms with Gasteiger partial charge in [0.25, 0.3) is 11.9 Å². The molecule has 1 amide bonds. The van der Waals surface area contributed by atoms with Crippen LogP contribution in [0.1, 0.15) is 5.56 Å². The third kappa shape index (κ3) is 3.64. The fourth-order valence-corrected chi connectivity index (χ4v) is 2.21. The lowest BCUT2D eigenvalue weighted by Gasteiger charge is -2.25. The third-order valence-corrected chi connectivity index (χ3v) is 3.40. The zero-order chi connectivity index (χ0) is 15.4. The molecule has 2 heterocycles. The number of hydrazone groups is 1. The van der Waals surface area contributed by atoms with E-state index in [1.807, 2.05) is 0 Å². The van der Waals surface area contributed by atoms with Gasteiger partial charge in [-0.15, -0.1) is 10.2 Å². The first kappa shape index (κ1) is 14.6. The highest BCUT2D eigenvalue weighted by Crippen LogP contribution is 2.11. The molecule has 2 aliphatic heterocycles. The molecule has 0 bridgehead atoms. The summed E-state index contributed by atoms with van der Waals surface area (Å²) in [5.74, 6) is -0.369. The van der Waals surface area contributed by atoms with E-state index in [9.17, 15) is 9.18 Å². The Morgan fingerprint density at radius 3 is 2.73 bits per heavy atom. The fourth-order valence-electron chi connectivity index (χ4n) is 2.21. The molecule has 1 atom stereocenters. The van der Waals surface area contributed by atoms with Gasteiger partial charge in [-0.1, -0.05) is 12.1 Å². The summed E-state index contributed by atoms with van der Waals surface area (Å²) in [4.78, 5) is 12.1. The average Bonchev–Trinajstić information content (AvgIpc) is 2.53. The van der Waals surface area contributed by atoms with Crippen LogP contribution in [0, 0.1) is 5.82 Å². The number of nitrogens with zero attached hydrogens (tertiary/aromatic N) is 4. The van der Waals surface area contributed by atoms with Gasteiger partial charge in [0.2, 0.25) is 0 Å². The van der Waals surface area contributed by atoms with E-state index in [0.717, 1.165) is 5.56 Å². The SMILES string of the molecule is O=C1NC(=NN2CCOCC2)N=NC1Cc1ccc(F)cc1. The average molecular weight is 305 g/mol. The van der Waals surface area contributed by atoms with E-state index in [-0.39, 0.29) is 17.7 Å². The Hall–Kier alpha value is -2.35. The number of benzene rings is 1. The van der Waals surface area contributed by atoms with Gasteiger partial charge in [-0.3, -0.25) is 15.1 Å². The Kier molecular flexibility index (Phi) is 4.38. The molecule has 1 fully saturated rings. The molecule has 1 saturated heterocycles. The first-order valence-electron chi connectivity index (χ1n) is 7.08. The van der Waals surface area contributed by atoms with Crippen LogP contribution in [0.2, 0.25) is 0 Å². The monoisotopic (exact) mass is 305 g/mol. The molecule has 1 aromatic carbocycles. The number of azo groups is 1. The van der Waals surface area contributed by atoms with Gasteiger partial charge >= 0.3 is 0 Å². The molecule has 1 aromatic rings. The number of hydrogen-bond donors (Lipinski definition) is 1. The van der Waals surface area contributed by atoms with Crippen LogP contribution in [0.25, 0.3) is 0 Å². The zero-order valence-electron chi connectivity index (χ0n) is 11.9. The van der Waals surface area contributed by atoms with Crippen LogP contribution in [-0.2, 0) is 16.0 Å². The number of halogens is 1. The van der Waals surface area contributed by atoms with E-state index in [4.69, 9.17) is 4.74 Å². The van der Waals surface area contributed by atoms with Gasteiger partial charge in [-0.2, -0.15) is 5.11 Å². The normalized spacial score (nSPS) is 23.7. The van der Waals surface area contributed by atoms with E-state index >= 15 is 0 Å². The maximum absolute atomic E-state index is 12.9. The second kappa shape index (κ2) is 6.61. The van der Waals surface area contributed by atoms with Gasteiger partial charge in [-0.05, 0) is 17.7 Å². The number of morpholine rings is 1. The van der Waals surface area contributed by atoms with Gasteiger partial charge in [0, 0.05) is 6.42 Å². The maximum Gasteiger partial charge on any atom is 0.265 e. The van der Waals surface area contributed by atoms with Gasteiger partial charge in [0.1, 0.15) is 5.82 Å². The van der Waals surface area contributed by atoms with Crippen molar-refractivity contribution >= 4 is 11.9 Å². The lowest BCUT2D eigenvalue weighted by Crippen LogP contribution is -2.43. The van der Waals surface area contributed by atoms with Crippen LogP contribution < -0.4 is 5.32 Å². The fraction of sp³-hybridized carbons (Fsp3) is 0.429. The topological polar surface area (TPSA) is 78.7 Å². The minimum atomic E-state index is -0.617. The van der Waals surface area contributed by atoms with Crippen LogP contribution in [0.3, 0.4) is 0 Å². The summed E-state index contributed by atoms with van der Waals surface area (Å²) >= 11 is 0. The van der Waals surface area contributed by atoms with Crippen molar-refractivity contribution in [2.45, 2.75) is 12.5 Å². The van der Waals surface area contributed by atoms with Crippen molar-refractivity contribution in [3.05, 3.63) is 35.6 Å². The third-order valence-electron chi connectivity index (χ3n) is 3.40. The molecule has 8 heteroatoms. The molecule has 0 aliphatic carbocycles. The minimum Gasteiger partial charge on any atom is -0.378 e. The molecule has 2 aliphatic rings. The minimum absolute atomic E-state index is 0.197. The molecule has 1 N–H and O–H groups in total. The van der Waals surface area contributed by atoms with Gasteiger partial charge < -0.3 is 4.74 Å². The predicted molar refractivity (Wildman–Crippen MR) is 76.7 cm³/mol. The molecular weight excluding hydrogens is 289 g/mol. The van der Waals surface area contributed by atoms with Crippen molar-refractivity contribution in [1.82, 2.24) is 10.3 Å². The largest absolute Gasteiger partial charge is 0.378 e. The number of nitrogens with one attached hydrogen (secondary N) is 1. The molecule has 22 heavy (non-hydrogen) atoms. The van der Waals surface area contributed by atoms with E-state index in [1.165, 1.54) is 12.1 Å². The van der Waals surface area contributed by atoms with Crippen LogP contribution >= 0.6 is 0 Å². The number of ether oxygens (including phenoxy) is 1. The molecule has 116 valence electrons. The van der Waals surface area contributed by atoms with Crippen molar-refractivity contribution in [3.8, 4) is 0 Å². The van der Waals surface area contributed by atoms with Crippen molar-refractivity contribution in [1.29, 1.82) is 0 Å². The van der Waals surface area contributed by atoms with Crippen LogP contribution in [0.5, 0.6) is 0 Å². The van der Waals surface area contributed by atoms with Crippen molar-refractivity contribution < 1.29 is 13.9 Å².